The van der Waals surface area contributed by atoms with Crippen molar-refractivity contribution >= 4 is 34.1 Å². The van der Waals surface area contributed by atoms with Crippen LogP contribution < -0.4 is 5.63 Å². The molecule has 0 spiro atoms. The van der Waals surface area contributed by atoms with E-state index in [0.29, 0.717) is 16.0 Å². The van der Waals surface area contributed by atoms with Gasteiger partial charge in [-0.05, 0) is 52.6 Å². The Bertz CT molecular complexity index is 1740. The van der Waals surface area contributed by atoms with Crippen LogP contribution in [0.4, 0.5) is 4.39 Å². The minimum atomic E-state index is -1.35. The standard InChI is InChI=1S/C31H20FNO3S2/c32-23-13-11-20(12-14-23)26-18-29(34)36-27-17-24(15-16-25(26)27)37-30-33-19-28(38-30)31(35,21-7-3-1-4-8-21)22-9-5-2-6-10-22/h1-19,35H. The highest BCUT2D eigenvalue weighted by molar-refractivity contribution is 8.01. The third-order valence-electron chi connectivity index (χ3n) is 6.30. The Morgan fingerprint density at radius 1 is 0.842 bits per heavy atom. The van der Waals surface area contributed by atoms with E-state index < -0.39 is 11.2 Å². The van der Waals surface area contributed by atoms with E-state index in [4.69, 9.17) is 4.42 Å². The van der Waals surface area contributed by atoms with Gasteiger partial charge in [0.25, 0.3) is 0 Å². The van der Waals surface area contributed by atoms with Crippen molar-refractivity contribution in [2.24, 2.45) is 0 Å². The number of halogens is 1. The zero-order valence-electron chi connectivity index (χ0n) is 19.9. The van der Waals surface area contributed by atoms with Gasteiger partial charge < -0.3 is 9.52 Å². The Labute approximate surface area is 226 Å². The first-order valence-corrected chi connectivity index (χ1v) is 13.5. The summed E-state index contributed by atoms with van der Waals surface area (Å²) in [4.78, 5) is 18.4. The number of thiazole rings is 1. The summed E-state index contributed by atoms with van der Waals surface area (Å²) in [7, 11) is 0. The van der Waals surface area contributed by atoms with E-state index in [1.54, 1.807) is 24.4 Å². The molecule has 0 aliphatic heterocycles. The molecule has 0 saturated heterocycles. The van der Waals surface area contributed by atoms with Crippen LogP contribution in [-0.2, 0) is 5.60 Å². The van der Waals surface area contributed by atoms with Gasteiger partial charge in [0.1, 0.15) is 11.4 Å². The summed E-state index contributed by atoms with van der Waals surface area (Å²) >= 11 is 2.83. The predicted molar refractivity (Wildman–Crippen MR) is 149 cm³/mol. The topological polar surface area (TPSA) is 63.3 Å². The summed E-state index contributed by atoms with van der Waals surface area (Å²) in [6.45, 7) is 0. The van der Waals surface area contributed by atoms with Gasteiger partial charge in [0.05, 0.1) is 4.88 Å². The lowest BCUT2D eigenvalue weighted by atomic mass is 9.85. The molecule has 6 rings (SSSR count). The summed E-state index contributed by atoms with van der Waals surface area (Å²) in [5.74, 6) is -0.339. The quantitative estimate of drug-likeness (QED) is 0.223. The van der Waals surface area contributed by atoms with E-state index in [1.807, 2.05) is 72.8 Å². The third-order valence-corrected chi connectivity index (χ3v) is 8.47. The van der Waals surface area contributed by atoms with Crippen molar-refractivity contribution in [1.29, 1.82) is 0 Å². The Balaban J connectivity index is 1.36. The lowest BCUT2D eigenvalue weighted by Crippen LogP contribution is -2.27. The predicted octanol–water partition coefficient (Wildman–Crippen LogP) is 7.49. The smallest absolute Gasteiger partial charge is 0.336 e. The van der Waals surface area contributed by atoms with E-state index in [-0.39, 0.29) is 5.82 Å². The number of fused-ring (bicyclic) bond motifs is 1. The molecule has 1 N–H and O–H groups in total. The van der Waals surface area contributed by atoms with Crippen LogP contribution in [-0.4, -0.2) is 10.1 Å². The van der Waals surface area contributed by atoms with Gasteiger partial charge in [-0.15, -0.1) is 11.3 Å². The number of rotatable bonds is 6. The number of aromatic nitrogens is 1. The van der Waals surface area contributed by atoms with Crippen LogP contribution in [0.1, 0.15) is 16.0 Å². The zero-order valence-corrected chi connectivity index (χ0v) is 21.5. The number of benzene rings is 4. The lowest BCUT2D eigenvalue weighted by Gasteiger charge is -2.28. The van der Waals surface area contributed by atoms with E-state index in [2.05, 4.69) is 4.98 Å². The lowest BCUT2D eigenvalue weighted by molar-refractivity contribution is 0.129. The Kier molecular flexibility index (Phi) is 6.41. The van der Waals surface area contributed by atoms with Crippen LogP contribution in [0.2, 0.25) is 0 Å². The third kappa shape index (κ3) is 4.56. The SMILES string of the molecule is O=c1cc(-c2ccc(F)cc2)c2ccc(Sc3ncc(C(O)(c4ccccc4)c4ccccc4)s3)cc2o1. The fraction of sp³-hybridized carbons (Fsp3) is 0.0323. The molecular weight excluding hydrogens is 517 g/mol. The Morgan fingerprint density at radius 3 is 2.16 bits per heavy atom. The van der Waals surface area contributed by atoms with Crippen LogP contribution in [0.15, 0.2) is 134 Å². The van der Waals surface area contributed by atoms with Crippen molar-refractivity contribution in [2.75, 3.05) is 0 Å². The largest absolute Gasteiger partial charge is 0.423 e. The van der Waals surface area contributed by atoms with Crippen molar-refractivity contribution in [3.05, 3.63) is 148 Å². The van der Waals surface area contributed by atoms with Crippen molar-refractivity contribution in [3.8, 4) is 11.1 Å². The molecular formula is C31H20FNO3S2. The molecule has 2 aromatic heterocycles. The van der Waals surface area contributed by atoms with Crippen LogP contribution in [0.5, 0.6) is 0 Å². The molecule has 0 aliphatic rings. The van der Waals surface area contributed by atoms with Gasteiger partial charge in [0, 0.05) is 22.5 Å². The molecule has 0 radical (unpaired) electrons. The molecule has 0 saturated carbocycles. The fourth-order valence-corrected chi connectivity index (χ4v) is 6.57. The van der Waals surface area contributed by atoms with Crippen LogP contribution in [0, 0.1) is 5.82 Å². The molecule has 0 aliphatic carbocycles. The van der Waals surface area contributed by atoms with E-state index in [1.165, 1.54) is 41.3 Å². The molecule has 0 bridgehead atoms. The molecule has 0 unspecified atom stereocenters. The highest BCUT2D eigenvalue weighted by Crippen LogP contribution is 2.42. The minimum Gasteiger partial charge on any atom is -0.423 e. The van der Waals surface area contributed by atoms with Gasteiger partial charge in [-0.2, -0.15) is 0 Å². The maximum absolute atomic E-state index is 13.4. The first kappa shape index (κ1) is 24.3. The first-order chi connectivity index (χ1) is 18.5. The van der Waals surface area contributed by atoms with Crippen molar-refractivity contribution < 1.29 is 13.9 Å². The molecule has 6 aromatic rings. The van der Waals surface area contributed by atoms with Gasteiger partial charge in [0.2, 0.25) is 0 Å². The van der Waals surface area contributed by atoms with E-state index in [9.17, 15) is 14.3 Å². The average molecular weight is 538 g/mol. The van der Waals surface area contributed by atoms with Gasteiger partial charge in [-0.25, -0.2) is 14.2 Å². The average Bonchev–Trinajstić information content (AvgIpc) is 3.42. The second kappa shape index (κ2) is 10.0. The monoisotopic (exact) mass is 537 g/mol. The highest BCUT2D eigenvalue weighted by atomic mass is 32.2. The van der Waals surface area contributed by atoms with Crippen molar-refractivity contribution in [2.45, 2.75) is 14.8 Å². The first-order valence-electron chi connectivity index (χ1n) is 11.8. The molecule has 2 heterocycles. The van der Waals surface area contributed by atoms with Gasteiger partial charge in [-0.3, -0.25) is 0 Å². The van der Waals surface area contributed by atoms with Crippen molar-refractivity contribution in [1.82, 2.24) is 4.98 Å². The summed E-state index contributed by atoms with van der Waals surface area (Å²) < 4.78 is 19.7. The zero-order chi connectivity index (χ0) is 26.1. The van der Waals surface area contributed by atoms with Crippen LogP contribution >= 0.6 is 23.1 Å². The van der Waals surface area contributed by atoms with Crippen molar-refractivity contribution in [3.63, 3.8) is 0 Å². The fourth-order valence-electron chi connectivity index (χ4n) is 4.46. The van der Waals surface area contributed by atoms with Gasteiger partial charge >= 0.3 is 5.63 Å². The van der Waals surface area contributed by atoms with Gasteiger partial charge in [0.15, 0.2) is 9.94 Å². The number of nitrogens with zero attached hydrogens (tertiary/aromatic N) is 1. The molecule has 0 amide bonds. The minimum absolute atomic E-state index is 0.339. The maximum atomic E-state index is 13.4. The molecule has 38 heavy (non-hydrogen) atoms. The second-order valence-corrected chi connectivity index (χ2v) is 11.0. The van der Waals surface area contributed by atoms with E-state index in [0.717, 1.165) is 31.3 Å². The summed E-state index contributed by atoms with van der Waals surface area (Å²) in [5, 5.41) is 12.8. The molecule has 186 valence electrons. The maximum Gasteiger partial charge on any atom is 0.336 e. The number of hydrogen-bond acceptors (Lipinski definition) is 6. The second-order valence-electron chi connectivity index (χ2n) is 8.68. The Morgan fingerprint density at radius 2 is 1.50 bits per heavy atom. The van der Waals surface area contributed by atoms with Gasteiger partial charge in [-0.1, -0.05) is 84.6 Å². The summed E-state index contributed by atoms with van der Waals surface area (Å²) in [6, 6.07) is 32.1. The van der Waals surface area contributed by atoms with Crippen LogP contribution in [0.3, 0.4) is 0 Å². The summed E-state index contributed by atoms with van der Waals surface area (Å²) in [6.07, 6.45) is 1.71. The number of hydrogen-bond donors (Lipinski definition) is 1. The summed E-state index contributed by atoms with van der Waals surface area (Å²) in [5.41, 5.74) is 1.53. The highest BCUT2D eigenvalue weighted by Gasteiger charge is 2.35. The molecule has 4 aromatic carbocycles. The normalized spacial score (nSPS) is 11.6. The van der Waals surface area contributed by atoms with E-state index >= 15 is 0 Å². The Hall–Kier alpha value is -4.04. The van der Waals surface area contributed by atoms with Crippen LogP contribution in [0.25, 0.3) is 22.1 Å². The molecule has 7 heteroatoms. The number of aliphatic hydroxyl groups is 1. The molecule has 0 fully saturated rings. The molecule has 4 nitrogen and oxygen atoms in total. The molecule has 0 atom stereocenters.